The number of benzene rings is 2. The van der Waals surface area contributed by atoms with Crippen molar-refractivity contribution in [1.82, 2.24) is 19.3 Å². The maximum Gasteiger partial charge on any atom is 0.119 e. The van der Waals surface area contributed by atoms with Gasteiger partial charge < -0.3 is 9.13 Å². The summed E-state index contributed by atoms with van der Waals surface area (Å²) in [7, 11) is 0. The maximum atomic E-state index is 3.88. The van der Waals surface area contributed by atoms with E-state index in [1.54, 1.807) is 12.7 Å². The van der Waals surface area contributed by atoms with Crippen LogP contribution in [0.1, 0.15) is 11.1 Å². The van der Waals surface area contributed by atoms with E-state index in [0.717, 1.165) is 13.1 Å². The van der Waals surface area contributed by atoms with E-state index in [9.17, 15) is 0 Å². The molecule has 108 valence electrons. The monoisotopic (exact) mass is 288 g/mol. The molecule has 0 radical (unpaired) electrons. The number of aromatic nitrogens is 4. The van der Waals surface area contributed by atoms with Crippen molar-refractivity contribution in [3.8, 4) is 0 Å². The van der Waals surface area contributed by atoms with Crippen LogP contribution in [0.4, 0.5) is 0 Å². The Morgan fingerprint density at radius 2 is 1.50 bits per heavy atom. The van der Waals surface area contributed by atoms with Crippen molar-refractivity contribution in [2.75, 3.05) is 0 Å². The Morgan fingerprint density at radius 3 is 2.32 bits per heavy atom. The number of fused-ring (bicyclic) bond motifs is 1. The Hall–Kier alpha value is -2.88. The molecule has 0 unspecified atom stereocenters. The Kier molecular flexibility index (Phi) is 3.20. The minimum Gasteiger partial charge on any atom is -0.343 e. The fourth-order valence-corrected chi connectivity index (χ4v) is 2.86. The van der Waals surface area contributed by atoms with Crippen molar-refractivity contribution in [1.29, 1.82) is 0 Å². The number of hydrogen-bond donors (Lipinski definition) is 0. The van der Waals surface area contributed by atoms with Gasteiger partial charge in [-0.15, -0.1) is 10.2 Å². The largest absolute Gasteiger partial charge is 0.343 e. The van der Waals surface area contributed by atoms with Gasteiger partial charge in [0.25, 0.3) is 0 Å². The van der Waals surface area contributed by atoms with E-state index in [1.807, 2.05) is 4.57 Å². The van der Waals surface area contributed by atoms with Crippen molar-refractivity contribution >= 4 is 10.9 Å². The van der Waals surface area contributed by atoms with Gasteiger partial charge in [-0.1, -0.05) is 48.5 Å². The van der Waals surface area contributed by atoms with Gasteiger partial charge in [-0.05, 0) is 17.2 Å². The van der Waals surface area contributed by atoms with Crippen LogP contribution in [0.3, 0.4) is 0 Å². The van der Waals surface area contributed by atoms with Gasteiger partial charge in [-0.2, -0.15) is 0 Å². The normalized spacial score (nSPS) is 11.1. The number of hydrogen-bond acceptors (Lipinski definition) is 2. The Balaban J connectivity index is 1.75. The minimum atomic E-state index is 0.787. The van der Waals surface area contributed by atoms with Crippen molar-refractivity contribution in [3.05, 3.63) is 84.6 Å². The molecule has 0 aliphatic heterocycles. The molecule has 2 heterocycles. The van der Waals surface area contributed by atoms with Gasteiger partial charge in [0.15, 0.2) is 0 Å². The summed E-state index contributed by atoms with van der Waals surface area (Å²) in [6, 6.07) is 19.1. The van der Waals surface area contributed by atoms with E-state index < -0.39 is 0 Å². The first-order valence-electron chi connectivity index (χ1n) is 7.33. The molecule has 2 aromatic heterocycles. The molecule has 0 atom stereocenters. The molecule has 4 rings (SSSR count). The molecule has 4 nitrogen and oxygen atoms in total. The standard InChI is InChI=1S/C18H16N4/c1-2-6-15(7-3-1)10-22-12-16(11-21-13-19-20-14-21)17-8-4-5-9-18(17)22/h1-9,12-14H,10-11H2. The molecule has 4 aromatic rings. The van der Waals surface area contributed by atoms with Gasteiger partial charge in [-0.25, -0.2) is 0 Å². The smallest absolute Gasteiger partial charge is 0.119 e. The van der Waals surface area contributed by atoms with Crippen LogP contribution in [0.2, 0.25) is 0 Å². The van der Waals surface area contributed by atoms with Crippen molar-refractivity contribution < 1.29 is 0 Å². The second-order valence-electron chi connectivity index (χ2n) is 5.42. The Morgan fingerprint density at radius 1 is 0.773 bits per heavy atom. The number of rotatable bonds is 4. The zero-order valence-electron chi connectivity index (χ0n) is 12.1. The summed E-state index contributed by atoms with van der Waals surface area (Å²) in [6.45, 7) is 1.67. The highest BCUT2D eigenvalue weighted by atomic mass is 15.2. The second-order valence-corrected chi connectivity index (χ2v) is 5.42. The topological polar surface area (TPSA) is 35.6 Å². The van der Waals surface area contributed by atoms with E-state index in [0.29, 0.717) is 0 Å². The molecule has 22 heavy (non-hydrogen) atoms. The Bertz CT molecular complexity index is 876. The Labute approximate surface area is 128 Å². The van der Waals surface area contributed by atoms with Crippen LogP contribution in [0.25, 0.3) is 10.9 Å². The quantitative estimate of drug-likeness (QED) is 0.577. The van der Waals surface area contributed by atoms with Crippen LogP contribution in [-0.4, -0.2) is 19.3 Å². The summed E-state index contributed by atoms with van der Waals surface area (Å²) >= 11 is 0. The van der Waals surface area contributed by atoms with Crippen LogP contribution in [0.15, 0.2) is 73.4 Å². The predicted octanol–water partition coefficient (Wildman–Crippen LogP) is 3.33. The first kappa shape index (κ1) is 12.8. The first-order chi connectivity index (χ1) is 10.9. The third-order valence-electron chi connectivity index (χ3n) is 3.89. The van der Waals surface area contributed by atoms with E-state index in [1.165, 1.54) is 22.0 Å². The highest BCUT2D eigenvalue weighted by molar-refractivity contribution is 5.84. The predicted molar refractivity (Wildman–Crippen MR) is 86.6 cm³/mol. The summed E-state index contributed by atoms with van der Waals surface area (Å²) in [4.78, 5) is 0. The molecule has 0 aliphatic carbocycles. The van der Waals surface area contributed by atoms with Crippen LogP contribution < -0.4 is 0 Å². The summed E-state index contributed by atoms with van der Waals surface area (Å²) in [6.07, 6.45) is 5.74. The third-order valence-corrected chi connectivity index (χ3v) is 3.89. The fraction of sp³-hybridized carbons (Fsp3) is 0.111. The van der Waals surface area contributed by atoms with Gasteiger partial charge in [0.1, 0.15) is 12.7 Å². The molecule has 0 amide bonds. The van der Waals surface area contributed by atoms with Gasteiger partial charge in [0, 0.05) is 23.6 Å². The summed E-state index contributed by atoms with van der Waals surface area (Å²) < 4.78 is 4.30. The molecule has 2 aromatic carbocycles. The number of nitrogens with zero attached hydrogens (tertiary/aromatic N) is 4. The van der Waals surface area contributed by atoms with E-state index in [-0.39, 0.29) is 0 Å². The van der Waals surface area contributed by atoms with Gasteiger partial charge in [0.05, 0.1) is 6.54 Å². The van der Waals surface area contributed by atoms with Crippen molar-refractivity contribution in [2.24, 2.45) is 0 Å². The third kappa shape index (κ3) is 2.39. The molecule has 0 saturated heterocycles. The van der Waals surface area contributed by atoms with E-state index >= 15 is 0 Å². The van der Waals surface area contributed by atoms with Gasteiger partial charge in [-0.3, -0.25) is 0 Å². The summed E-state index contributed by atoms with van der Waals surface area (Å²) in [5.41, 5.74) is 3.85. The maximum absolute atomic E-state index is 3.88. The molecule has 4 heteroatoms. The second kappa shape index (κ2) is 5.48. The van der Waals surface area contributed by atoms with Crippen molar-refractivity contribution in [2.45, 2.75) is 13.1 Å². The van der Waals surface area contributed by atoms with Gasteiger partial charge in [0.2, 0.25) is 0 Å². The molecule has 0 aliphatic rings. The number of para-hydroxylation sites is 1. The first-order valence-corrected chi connectivity index (χ1v) is 7.33. The molecule has 0 spiro atoms. The lowest BCUT2D eigenvalue weighted by molar-refractivity contribution is 0.780. The van der Waals surface area contributed by atoms with Crippen molar-refractivity contribution in [3.63, 3.8) is 0 Å². The van der Waals surface area contributed by atoms with Crippen LogP contribution in [-0.2, 0) is 13.1 Å². The van der Waals surface area contributed by atoms with Crippen LogP contribution >= 0.6 is 0 Å². The molecule has 0 bridgehead atoms. The molecule has 0 saturated carbocycles. The lowest BCUT2D eigenvalue weighted by Gasteiger charge is -2.05. The van der Waals surface area contributed by atoms with Crippen LogP contribution in [0.5, 0.6) is 0 Å². The van der Waals surface area contributed by atoms with Crippen LogP contribution in [0, 0.1) is 0 Å². The zero-order chi connectivity index (χ0) is 14.8. The molecule has 0 fully saturated rings. The molecular weight excluding hydrogens is 272 g/mol. The SMILES string of the molecule is c1ccc(Cn2cc(Cn3cnnc3)c3ccccc32)cc1. The highest BCUT2D eigenvalue weighted by Gasteiger charge is 2.09. The van der Waals surface area contributed by atoms with Gasteiger partial charge >= 0.3 is 0 Å². The molecular formula is C18H16N4. The fourth-order valence-electron chi connectivity index (χ4n) is 2.86. The lowest BCUT2D eigenvalue weighted by Crippen LogP contribution is -1.98. The summed E-state index contributed by atoms with van der Waals surface area (Å²) in [5, 5.41) is 9.04. The average molecular weight is 288 g/mol. The average Bonchev–Trinajstić information content (AvgIpc) is 3.18. The van der Waals surface area contributed by atoms with E-state index in [4.69, 9.17) is 0 Å². The molecule has 0 N–H and O–H groups in total. The summed E-state index contributed by atoms with van der Waals surface area (Å²) in [5.74, 6) is 0. The highest BCUT2D eigenvalue weighted by Crippen LogP contribution is 2.23. The van der Waals surface area contributed by atoms with E-state index in [2.05, 4.69) is 75.6 Å². The lowest BCUT2D eigenvalue weighted by atomic mass is 10.2. The zero-order valence-corrected chi connectivity index (χ0v) is 12.1. The minimum absolute atomic E-state index is 0.787.